The fourth-order valence-electron chi connectivity index (χ4n) is 2.01. The molecule has 90 valence electrons. The van der Waals surface area contributed by atoms with Crippen molar-refractivity contribution in [2.45, 2.75) is 19.3 Å². The monoisotopic (exact) mass is 271 g/mol. The molecule has 0 spiro atoms. The molecule has 0 bridgehead atoms. The van der Waals surface area contributed by atoms with Crippen LogP contribution in [-0.2, 0) is 9.59 Å². The van der Waals surface area contributed by atoms with E-state index in [0.29, 0.717) is 16.5 Å². The van der Waals surface area contributed by atoms with Crippen LogP contribution < -0.4 is 5.32 Å². The Bertz CT molecular complexity index is 487. The predicted octanol–water partition coefficient (Wildman–Crippen LogP) is 2.76. The van der Waals surface area contributed by atoms with Gasteiger partial charge in [0.1, 0.15) is 0 Å². The number of hydrogen-bond acceptors (Lipinski definition) is 2. The third-order valence-corrected chi connectivity index (χ3v) is 3.80. The van der Waals surface area contributed by atoms with E-state index in [9.17, 15) is 9.59 Å². The van der Waals surface area contributed by atoms with Crippen molar-refractivity contribution in [3.05, 3.63) is 33.8 Å². The average molecular weight is 272 g/mol. The van der Waals surface area contributed by atoms with E-state index < -0.39 is 0 Å². The van der Waals surface area contributed by atoms with Crippen molar-refractivity contribution >= 4 is 35.0 Å². The average Bonchev–Trinajstić information content (AvgIpc) is 2.27. The van der Waals surface area contributed by atoms with Crippen molar-refractivity contribution < 1.29 is 9.59 Å². The van der Waals surface area contributed by atoms with Crippen LogP contribution in [0.15, 0.2) is 18.2 Å². The number of halogens is 2. The second-order valence-corrected chi connectivity index (χ2v) is 5.00. The van der Waals surface area contributed by atoms with E-state index in [1.807, 2.05) is 0 Å². The third kappa shape index (κ3) is 2.45. The number of amides is 2. The Morgan fingerprint density at radius 3 is 2.59 bits per heavy atom. The van der Waals surface area contributed by atoms with Crippen molar-refractivity contribution in [1.29, 1.82) is 0 Å². The minimum absolute atomic E-state index is 0.133. The van der Waals surface area contributed by atoms with Crippen molar-refractivity contribution in [2.24, 2.45) is 5.92 Å². The van der Waals surface area contributed by atoms with Crippen LogP contribution in [0.4, 0.5) is 0 Å². The molecule has 2 atom stereocenters. The Balaban J connectivity index is 2.34. The number of nitrogens with one attached hydrogen (secondary N) is 1. The van der Waals surface area contributed by atoms with E-state index in [1.165, 1.54) is 0 Å². The van der Waals surface area contributed by atoms with Crippen LogP contribution in [0, 0.1) is 5.92 Å². The Morgan fingerprint density at radius 2 is 1.94 bits per heavy atom. The molecule has 1 aromatic rings. The lowest BCUT2D eigenvalue weighted by molar-refractivity contribution is -0.136. The Labute approximate surface area is 109 Å². The maximum Gasteiger partial charge on any atom is 0.230 e. The van der Waals surface area contributed by atoms with E-state index in [0.717, 1.165) is 5.56 Å². The normalized spacial score (nSPS) is 24.6. The van der Waals surface area contributed by atoms with Crippen molar-refractivity contribution in [2.75, 3.05) is 0 Å². The van der Waals surface area contributed by atoms with Gasteiger partial charge in [0, 0.05) is 18.3 Å². The molecule has 1 fully saturated rings. The summed E-state index contributed by atoms with van der Waals surface area (Å²) in [5.74, 6) is -0.863. The molecule has 1 aromatic carbocycles. The summed E-state index contributed by atoms with van der Waals surface area (Å²) in [5.41, 5.74) is 0.870. The Morgan fingerprint density at radius 1 is 1.24 bits per heavy atom. The van der Waals surface area contributed by atoms with Gasteiger partial charge in [-0.15, -0.1) is 0 Å². The van der Waals surface area contributed by atoms with Crippen LogP contribution in [0.1, 0.15) is 24.8 Å². The number of rotatable bonds is 1. The molecule has 2 amide bonds. The van der Waals surface area contributed by atoms with Gasteiger partial charge >= 0.3 is 0 Å². The topological polar surface area (TPSA) is 46.2 Å². The number of imide groups is 1. The first-order valence-electron chi connectivity index (χ1n) is 5.27. The van der Waals surface area contributed by atoms with Gasteiger partial charge in [-0.05, 0) is 17.7 Å². The van der Waals surface area contributed by atoms with E-state index in [2.05, 4.69) is 5.32 Å². The second-order valence-electron chi connectivity index (χ2n) is 4.19. The fraction of sp³-hybridized carbons (Fsp3) is 0.333. The molecule has 0 aromatic heterocycles. The molecular formula is C12H11Cl2NO2. The zero-order valence-electron chi connectivity index (χ0n) is 9.17. The highest BCUT2D eigenvalue weighted by atomic mass is 35.5. The summed E-state index contributed by atoms with van der Waals surface area (Å²) >= 11 is 11.8. The van der Waals surface area contributed by atoms with Gasteiger partial charge in [0.2, 0.25) is 11.8 Å². The first kappa shape index (κ1) is 12.4. The van der Waals surface area contributed by atoms with Crippen molar-refractivity contribution in [3.8, 4) is 0 Å². The van der Waals surface area contributed by atoms with E-state index in [-0.39, 0.29) is 23.7 Å². The van der Waals surface area contributed by atoms with Gasteiger partial charge in [0.05, 0.1) is 10.0 Å². The highest BCUT2D eigenvalue weighted by molar-refractivity contribution is 6.42. The minimum atomic E-state index is -0.246. The largest absolute Gasteiger partial charge is 0.296 e. The zero-order valence-corrected chi connectivity index (χ0v) is 10.7. The van der Waals surface area contributed by atoms with Gasteiger partial charge < -0.3 is 0 Å². The zero-order chi connectivity index (χ0) is 12.6. The molecule has 1 aliphatic rings. The molecule has 2 rings (SSSR count). The minimum Gasteiger partial charge on any atom is -0.296 e. The van der Waals surface area contributed by atoms with Crippen LogP contribution in [0.5, 0.6) is 0 Å². The highest BCUT2D eigenvalue weighted by Crippen LogP contribution is 2.34. The van der Waals surface area contributed by atoms with Crippen LogP contribution in [0.25, 0.3) is 0 Å². The molecule has 0 aliphatic carbocycles. The smallest absolute Gasteiger partial charge is 0.230 e. The highest BCUT2D eigenvalue weighted by Gasteiger charge is 2.33. The first-order chi connectivity index (χ1) is 7.99. The van der Waals surface area contributed by atoms with Crippen LogP contribution >= 0.6 is 23.2 Å². The van der Waals surface area contributed by atoms with Crippen LogP contribution in [0.2, 0.25) is 10.0 Å². The standard InChI is InChI=1S/C12H11Cl2NO2/c1-6-8(5-11(16)15-12(6)17)7-2-3-9(13)10(14)4-7/h2-4,6,8H,5H2,1H3,(H,15,16,17). The molecule has 17 heavy (non-hydrogen) atoms. The number of benzene rings is 1. The maximum absolute atomic E-state index is 11.5. The number of hydrogen-bond donors (Lipinski definition) is 1. The van der Waals surface area contributed by atoms with E-state index >= 15 is 0 Å². The molecule has 3 nitrogen and oxygen atoms in total. The molecular weight excluding hydrogens is 261 g/mol. The fourth-order valence-corrected chi connectivity index (χ4v) is 2.32. The Hall–Kier alpha value is -1.06. The van der Waals surface area contributed by atoms with Crippen LogP contribution in [0.3, 0.4) is 0 Å². The molecule has 2 unspecified atom stereocenters. The summed E-state index contributed by atoms with van der Waals surface area (Å²) in [6, 6.07) is 5.21. The predicted molar refractivity (Wildman–Crippen MR) is 66.1 cm³/mol. The third-order valence-electron chi connectivity index (χ3n) is 3.06. The lowest BCUT2D eigenvalue weighted by atomic mass is 9.81. The maximum atomic E-state index is 11.5. The number of carbonyl (C=O) groups excluding carboxylic acids is 2. The first-order valence-corrected chi connectivity index (χ1v) is 6.03. The SMILES string of the molecule is CC1C(=O)NC(=O)CC1c1ccc(Cl)c(Cl)c1. The molecule has 1 heterocycles. The van der Waals surface area contributed by atoms with E-state index in [4.69, 9.17) is 23.2 Å². The Kier molecular flexibility index (Phi) is 3.40. The van der Waals surface area contributed by atoms with Gasteiger partial charge in [0.15, 0.2) is 0 Å². The summed E-state index contributed by atoms with van der Waals surface area (Å²) in [7, 11) is 0. The molecule has 1 N–H and O–H groups in total. The number of piperidine rings is 1. The van der Waals surface area contributed by atoms with Gasteiger partial charge in [0.25, 0.3) is 0 Å². The lowest BCUT2D eigenvalue weighted by Crippen LogP contribution is -2.43. The molecule has 0 radical (unpaired) electrons. The molecule has 1 aliphatic heterocycles. The summed E-state index contributed by atoms with van der Waals surface area (Å²) in [6.07, 6.45) is 0.296. The molecule has 5 heteroatoms. The number of carbonyl (C=O) groups is 2. The lowest BCUT2D eigenvalue weighted by Gasteiger charge is -2.27. The summed E-state index contributed by atoms with van der Waals surface area (Å²) in [4.78, 5) is 22.9. The molecule has 1 saturated heterocycles. The quantitative estimate of drug-likeness (QED) is 0.799. The van der Waals surface area contributed by atoms with Crippen LogP contribution in [-0.4, -0.2) is 11.8 Å². The van der Waals surface area contributed by atoms with Gasteiger partial charge in [-0.2, -0.15) is 0 Å². The molecule has 0 saturated carbocycles. The van der Waals surface area contributed by atoms with E-state index in [1.54, 1.807) is 25.1 Å². The van der Waals surface area contributed by atoms with Gasteiger partial charge in [-0.3, -0.25) is 14.9 Å². The summed E-state index contributed by atoms with van der Waals surface area (Å²) in [5, 5.41) is 3.22. The van der Waals surface area contributed by atoms with Crippen molar-refractivity contribution in [1.82, 2.24) is 5.32 Å². The summed E-state index contributed by atoms with van der Waals surface area (Å²) in [6.45, 7) is 1.80. The van der Waals surface area contributed by atoms with Gasteiger partial charge in [-0.1, -0.05) is 36.2 Å². The van der Waals surface area contributed by atoms with Crippen molar-refractivity contribution in [3.63, 3.8) is 0 Å². The van der Waals surface area contributed by atoms with Gasteiger partial charge in [-0.25, -0.2) is 0 Å². The summed E-state index contributed by atoms with van der Waals surface area (Å²) < 4.78 is 0. The second kappa shape index (κ2) is 4.67.